The molecule has 1 aliphatic carbocycles. The van der Waals surface area contributed by atoms with Gasteiger partial charge in [0.25, 0.3) is 0 Å². The molecule has 2 atom stereocenters. The van der Waals surface area contributed by atoms with Crippen molar-refractivity contribution < 1.29 is 8.42 Å². The van der Waals surface area contributed by atoms with E-state index in [0.717, 1.165) is 5.92 Å². The zero-order valence-corrected chi connectivity index (χ0v) is 12.9. The van der Waals surface area contributed by atoms with Crippen LogP contribution in [0.1, 0.15) is 52.9 Å². The SMILES string of the molecule is CCC1CCCC(NCC(C)(C)NS(C)(=O)=O)C1. The molecular formula is C13H28N2O2S. The smallest absolute Gasteiger partial charge is 0.209 e. The van der Waals surface area contributed by atoms with Crippen molar-refractivity contribution in [1.82, 2.24) is 10.0 Å². The Bertz CT molecular complexity index is 352. The summed E-state index contributed by atoms with van der Waals surface area (Å²) < 4.78 is 25.2. The molecule has 5 heteroatoms. The van der Waals surface area contributed by atoms with Gasteiger partial charge in [-0.15, -0.1) is 0 Å². The Labute approximate surface area is 112 Å². The van der Waals surface area contributed by atoms with Crippen LogP contribution in [-0.2, 0) is 10.0 Å². The molecule has 0 radical (unpaired) electrons. The monoisotopic (exact) mass is 276 g/mol. The second-order valence-electron chi connectivity index (χ2n) is 6.28. The average molecular weight is 276 g/mol. The predicted molar refractivity (Wildman–Crippen MR) is 76.1 cm³/mol. The second kappa shape index (κ2) is 6.35. The topological polar surface area (TPSA) is 58.2 Å². The fourth-order valence-corrected chi connectivity index (χ4v) is 3.86. The predicted octanol–water partition coefficient (Wildman–Crippen LogP) is 1.87. The number of rotatable bonds is 6. The first kappa shape index (κ1) is 15.9. The van der Waals surface area contributed by atoms with Gasteiger partial charge in [0.1, 0.15) is 0 Å². The van der Waals surface area contributed by atoms with E-state index < -0.39 is 15.6 Å². The van der Waals surface area contributed by atoms with Crippen molar-refractivity contribution in [2.75, 3.05) is 12.8 Å². The Kier molecular flexibility index (Phi) is 5.62. The van der Waals surface area contributed by atoms with E-state index >= 15 is 0 Å². The van der Waals surface area contributed by atoms with Crippen LogP contribution in [0.15, 0.2) is 0 Å². The van der Waals surface area contributed by atoms with Gasteiger partial charge in [-0.05, 0) is 32.6 Å². The van der Waals surface area contributed by atoms with Crippen molar-refractivity contribution in [1.29, 1.82) is 0 Å². The van der Waals surface area contributed by atoms with E-state index in [4.69, 9.17) is 0 Å². The summed E-state index contributed by atoms with van der Waals surface area (Å²) in [7, 11) is -3.14. The summed E-state index contributed by atoms with van der Waals surface area (Å²) in [5.41, 5.74) is -0.424. The molecule has 108 valence electrons. The highest BCUT2D eigenvalue weighted by Crippen LogP contribution is 2.26. The molecule has 2 N–H and O–H groups in total. The largest absolute Gasteiger partial charge is 0.312 e. The van der Waals surface area contributed by atoms with Gasteiger partial charge in [-0.25, -0.2) is 13.1 Å². The molecule has 1 rings (SSSR count). The molecule has 0 heterocycles. The van der Waals surface area contributed by atoms with E-state index in [2.05, 4.69) is 17.0 Å². The first-order chi connectivity index (χ1) is 8.22. The Morgan fingerprint density at radius 1 is 1.28 bits per heavy atom. The molecule has 1 aliphatic rings. The summed E-state index contributed by atoms with van der Waals surface area (Å²) >= 11 is 0. The van der Waals surface area contributed by atoms with Gasteiger partial charge in [0, 0.05) is 18.1 Å². The highest BCUT2D eigenvalue weighted by molar-refractivity contribution is 7.88. The highest BCUT2D eigenvalue weighted by atomic mass is 32.2. The quantitative estimate of drug-likeness (QED) is 0.778. The zero-order valence-electron chi connectivity index (χ0n) is 12.1. The van der Waals surface area contributed by atoms with Crippen LogP contribution in [-0.4, -0.2) is 32.8 Å². The van der Waals surface area contributed by atoms with Crippen LogP contribution in [0.5, 0.6) is 0 Å². The fourth-order valence-electron chi connectivity index (χ4n) is 2.78. The molecule has 0 saturated heterocycles. The van der Waals surface area contributed by atoms with Gasteiger partial charge < -0.3 is 5.32 Å². The van der Waals surface area contributed by atoms with Crippen LogP contribution >= 0.6 is 0 Å². The fraction of sp³-hybridized carbons (Fsp3) is 1.00. The van der Waals surface area contributed by atoms with Gasteiger partial charge in [-0.1, -0.05) is 26.2 Å². The van der Waals surface area contributed by atoms with Crippen molar-refractivity contribution in [3.05, 3.63) is 0 Å². The lowest BCUT2D eigenvalue weighted by molar-refractivity contribution is 0.264. The van der Waals surface area contributed by atoms with Gasteiger partial charge in [0.05, 0.1) is 6.26 Å². The van der Waals surface area contributed by atoms with Gasteiger partial charge >= 0.3 is 0 Å². The molecule has 1 fully saturated rings. The molecule has 0 spiro atoms. The minimum atomic E-state index is -3.14. The summed E-state index contributed by atoms with van der Waals surface area (Å²) in [4.78, 5) is 0. The molecule has 0 amide bonds. The first-order valence-electron chi connectivity index (χ1n) is 6.94. The number of nitrogens with one attached hydrogen (secondary N) is 2. The van der Waals surface area contributed by atoms with E-state index in [1.807, 2.05) is 13.8 Å². The summed E-state index contributed by atoms with van der Waals surface area (Å²) in [6, 6.07) is 0.546. The molecule has 4 nitrogen and oxygen atoms in total. The third-order valence-corrected chi connectivity index (χ3v) is 4.58. The van der Waals surface area contributed by atoms with Crippen molar-refractivity contribution in [2.45, 2.75) is 64.5 Å². The Morgan fingerprint density at radius 2 is 1.94 bits per heavy atom. The van der Waals surface area contributed by atoms with E-state index in [0.29, 0.717) is 12.6 Å². The minimum Gasteiger partial charge on any atom is -0.312 e. The standard InChI is InChI=1S/C13H28N2O2S/c1-5-11-7-6-8-12(9-11)14-10-13(2,3)15-18(4,16)17/h11-12,14-15H,5-10H2,1-4H3. The van der Waals surface area contributed by atoms with Crippen molar-refractivity contribution in [3.8, 4) is 0 Å². The zero-order chi connectivity index (χ0) is 13.8. The molecule has 0 bridgehead atoms. The Balaban J connectivity index is 2.39. The second-order valence-corrected chi connectivity index (χ2v) is 8.03. The third-order valence-electron chi connectivity index (χ3n) is 3.65. The highest BCUT2D eigenvalue weighted by Gasteiger charge is 2.25. The van der Waals surface area contributed by atoms with Crippen LogP contribution in [0.2, 0.25) is 0 Å². The molecule has 1 saturated carbocycles. The Hall–Kier alpha value is -0.130. The van der Waals surface area contributed by atoms with E-state index in [9.17, 15) is 8.42 Å². The van der Waals surface area contributed by atoms with Gasteiger partial charge in [-0.3, -0.25) is 0 Å². The molecule has 0 aromatic rings. The van der Waals surface area contributed by atoms with Crippen LogP contribution in [0.4, 0.5) is 0 Å². The number of hydrogen-bond acceptors (Lipinski definition) is 3. The first-order valence-corrected chi connectivity index (χ1v) is 8.83. The lowest BCUT2D eigenvalue weighted by Gasteiger charge is -2.33. The Morgan fingerprint density at radius 3 is 2.50 bits per heavy atom. The van der Waals surface area contributed by atoms with Crippen LogP contribution < -0.4 is 10.0 Å². The van der Waals surface area contributed by atoms with Crippen molar-refractivity contribution >= 4 is 10.0 Å². The number of hydrogen-bond donors (Lipinski definition) is 2. The summed E-state index contributed by atoms with van der Waals surface area (Å²) in [6.45, 7) is 6.77. The molecule has 2 unspecified atom stereocenters. The normalized spacial score (nSPS) is 26.2. The summed E-state index contributed by atoms with van der Waals surface area (Å²) in [6.07, 6.45) is 7.54. The maximum absolute atomic E-state index is 11.3. The maximum Gasteiger partial charge on any atom is 0.209 e. The van der Waals surface area contributed by atoms with Crippen LogP contribution in [0.25, 0.3) is 0 Å². The lowest BCUT2D eigenvalue weighted by atomic mass is 9.84. The average Bonchev–Trinajstić information content (AvgIpc) is 2.24. The molecule has 0 aromatic carbocycles. The number of sulfonamides is 1. The summed E-state index contributed by atoms with van der Waals surface area (Å²) in [5.74, 6) is 0.835. The third kappa shape index (κ3) is 6.16. The van der Waals surface area contributed by atoms with E-state index in [-0.39, 0.29) is 0 Å². The molecule has 18 heavy (non-hydrogen) atoms. The lowest BCUT2D eigenvalue weighted by Crippen LogP contribution is -2.52. The van der Waals surface area contributed by atoms with E-state index in [1.165, 1.54) is 38.4 Å². The van der Waals surface area contributed by atoms with Crippen LogP contribution in [0, 0.1) is 5.92 Å². The van der Waals surface area contributed by atoms with Gasteiger partial charge in [0.2, 0.25) is 10.0 Å². The molecule has 0 aliphatic heterocycles. The molecular weight excluding hydrogens is 248 g/mol. The van der Waals surface area contributed by atoms with Crippen LogP contribution in [0.3, 0.4) is 0 Å². The van der Waals surface area contributed by atoms with Gasteiger partial charge in [-0.2, -0.15) is 0 Å². The maximum atomic E-state index is 11.3. The van der Waals surface area contributed by atoms with Crippen molar-refractivity contribution in [3.63, 3.8) is 0 Å². The van der Waals surface area contributed by atoms with Gasteiger partial charge in [0.15, 0.2) is 0 Å². The van der Waals surface area contributed by atoms with Crippen molar-refractivity contribution in [2.24, 2.45) is 5.92 Å². The molecule has 0 aromatic heterocycles. The van der Waals surface area contributed by atoms with E-state index in [1.54, 1.807) is 0 Å². The minimum absolute atomic E-state index is 0.424. The summed E-state index contributed by atoms with van der Waals surface area (Å²) in [5, 5.41) is 3.52.